The molecule has 0 bridgehead atoms. The van der Waals surface area contributed by atoms with Crippen molar-refractivity contribution >= 4 is 17.5 Å². The van der Waals surface area contributed by atoms with Crippen molar-refractivity contribution in [1.29, 1.82) is 0 Å². The Labute approximate surface area is 128 Å². The van der Waals surface area contributed by atoms with Crippen molar-refractivity contribution in [2.45, 2.75) is 5.92 Å². The molecule has 0 aliphatic carbocycles. The van der Waals surface area contributed by atoms with Gasteiger partial charge >= 0.3 is 0 Å². The highest BCUT2D eigenvalue weighted by Crippen LogP contribution is 2.30. The molecule has 0 aromatic heterocycles. The number of amides is 1. The Morgan fingerprint density at radius 2 is 1.82 bits per heavy atom. The van der Waals surface area contributed by atoms with Crippen molar-refractivity contribution in [3.8, 4) is 0 Å². The molecule has 0 unspecified atom stereocenters. The van der Waals surface area contributed by atoms with E-state index >= 15 is 0 Å². The fraction of sp³-hybridized carbons (Fsp3) is 0.133. The van der Waals surface area contributed by atoms with Crippen LogP contribution >= 0.6 is 11.6 Å². The molecule has 22 heavy (non-hydrogen) atoms. The number of halogens is 5. The number of hydrogen-bond donors (Lipinski definition) is 1. The maximum absolute atomic E-state index is 13.9. The van der Waals surface area contributed by atoms with E-state index in [0.717, 1.165) is 6.07 Å². The summed E-state index contributed by atoms with van der Waals surface area (Å²) in [5, 5.41) is 2.09. The molecule has 0 aliphatic rings. The first kappa shape index (κ1) is 16.3. The summed E-state index contributed by atoms with van der Waals surface area (Å²) in [5.74, 6) is -6.84. The van der Waals surface area contributed by atoms with Gasteiger partial charge in [0.1, 0.15) is 11.6 Å². The number of benzene rings is 2. The molecule has 1 N–H and O–H groups in total. The zero-order valence-corrected chi connectivity index (χ0v) is 11.8. The minimum absolute atomic E-state index is 0.0274. The van der Waals surface area contributed by atoms with Gasteiger partial charge in [0.25, 0.3) is 11.8 Å². The maximum atomic E-state index is 13.9. The van der Waals surface area contributed by atoms with Gasteiger partial charge in [-0.2, -0.15) is 8.78 Å². The highest BCUT2D eigenvalue weighted by Gasteiger charge is 2.35. The molecular formula is C15H10ClF4NO. The van der Waals surface area contributed by atoms with Gasteiger partial charge in [-0.15, -0.1) is 0 Å². The van der Waals surface area contributed by atoms with Crippen LogP contribution in [-0.2, 0) is 5.92 Å². The summed E-state index contributed by atoms with van der Waals surface area (Å²) >= 11 is 5.78. The smallest absolute Gasteiger partial charge is 0.292 e. The van der Waals surface area contributed by atoms with Crippen LogP contribution in [0.1, 0.15) is 15.9 Å². The number of carbonyl (C=O) groups is 1. The summed E-state index contributed by atoms with van der Waals surface area (Å²) in [5.41, 5.74) is -0.965. The quantitative estimate of drug-likeness (QED) is 0.838. The molecule has 0 atom stereocenters. The van der Waals surface area contributed by atoms with Gasteiger partial charge in [-0.05, 0) is 24.3 Å². The summed E-state index contributed by atoms with van der Waals surface area (Å²) in [4.78, 5) is 11.8. The zero-order valence-electron chi connectivity index (χ0n) is 11.0. The second kappa shape index (κ2) is 6.36. The first-order chi connectivity index (χ1) is 10.3. The Hall–Kier alpha value is -2.08. The molecule has 116 valence electrons. The van der Waals surface area contributed by atoms with Crippen molar-refractivity contribution < 1.29 is 22.4 Å². The third kappa shape index (κ3) is 3.57. The Morgan fingerprint density at radius 1 is 1.14 bits per heavy atom. The Balaban J connectivity index is 2.13. The van der Waals surface area contributed by atoms with Crippen LogP contribution in [0.15, 0.2) is 42.5 Å². The van der Waals surface area contributed by atoms with Crippen LogP contribution in [-0.4, -0.2) is 12.5 Å². The van der Waals surface area contributed by atoms with Gasteiger partial charge in [0.15, 0.2) is 0 Å². The largest absolute Gasteiger partial charge is 0.346 e. The minimum atomic E-state index is -3.69. The Kier molecular flexibility index (Phi) is 4.71. The minimum Gasteiger partial charge on any atom is -0.346 e. The third-order valence-electron chi connectivity index (χ3n) is 2.91. The van der Waals surface area contributed by atoms with E-state index in [-0.39, 0.29) is 10.6 Å². The monoisotopic (exact) mass is 331 g/mol. The lowest BCUT2D eigenvalue weighted by Gasteiger charge is -2.18. The predicted molar refractivity (Wildman–Crippen MR) is 74.0 cm³/mol. The van der Waals surface area contributed by atoms with Crippen LogP contribution in [0.3, 0.4) is 0 Å². The van der Waals surface area contributed by atoms with E-state index in [0.29, 0.717) is 12.1 Å². The first-order valence-corrected chi connectivity index (χ1v) is 6.55. The molecule has 0 saturated carbocycles. The van der Waals surface area contributed by atoms with Crippen LogP contribution in [0.5, 0.6) is 0 Å². The van der Waals surface area contributed by atoms with Gasteiger partial charge in [-0.3, -0.25) is 4.79 Å². The van der Waals surface area contributed by atoms with E-state index in [1.54, 1.807) is 6.07 Å². The molecule has 0 heterocycles. The van der Waals surface area contributed by atoms with E-state index in [4.69, 9.17) is 11.6 Å². The second-order valence-corrected chi connectivity index (χ2v) is 4.90. The zero-order chi connectivity index (χ0) is 16.3. The van der Waals surface area contributed by atoms with E-state index in [2.05, 4.69) is 0 Å². The van der Waals surface area contributed by atoms with Crippen molar-refractivity contribution in [3.63, 3.8) is 0 Å². The standard InChI is InChI=1S/C15H10ClF4NO/c16-12-4-2-1-3-10(12)14(22)21-8-15(19,20)11-6-5-9(17)7-13(11)18/h1-7H,8H2,(H,21,22). The van der Waals surface area contributed by atoms with Crippen molar-refractivity contribution in [3.05, 3.63) is 70.2 Å². The van der Waals surface area contributed by atoms with Crippen LogP contribution in [0.4, 0.5) is 17.6 Å². The molecule has 0 radical (unpaired) electrons. The second-order valence-electron chi connectivity index (χ2n) is 4.49. The molecule has 2 aromatic rings. The van der Waals surface area contributed by atoms with Gasteiger partial charge in [-0.1, -0.05) is 23.7 Å². The molecule has 2 aromatic carbocycles. The molecule has 0 aliphatic heterocycles. The van der Waals surface area contributed by atoms with Crippen molar-refractivity contribution in [2.75, 3.05) is 6.54 Å². The first-order valence-electron chi connectivity index (χ1n) is 6.17. The molecule has 2 rings (SSSR count). The van der Waals surface area contributed by atoms with Crippen molar-refractivity contribution in [2.24, 2.45) is 0 Å². The SMILES string of the molecule is O=C(NCC(F)(F)c1ccc(F)cc1F)c1ccccc1Cl. The van der Waals surface area contributed by atoms with Gasteiger partial charge in [-0.25, -0.2) is 8.78 Å². The molecule has 0 fully saturated rings. The van der Waals surface area contributed by atoms with Crippen LogP contribution in [0.25, 0.3) is 0 Å². The fourth-order valence-corrected chi connectivity index (χ4v) is 2.03. The van der Waals surface area contributed by atoms with Gasteiger partial charge in [0.05, 0.1) is 22.7 Å². The number of rotatable bonds is 4. The number of hydrogen-bond acceptors (Lipinski definition) is 1. The summed E-state index contributed by atoms with van der Waals surface area (Å²) in [7, 11) is 0. The molecular weight excluding hydrogens is 322 g/mol. The van der Waals surface area contributed by atoms with E-state index in [9.17, 15) is 22.4 Å². The van der Waals surface area contributed by atoms with E-state index in [1.165, 1.54) is 18.2 Å². The lowest BCUT2D eigenvalue weighted by molar-refractivity contribution is -0.00588. The third-order valence-corrected chi connectivity index (χ3v) is 3.24. The predicted octanol–water partition coefficient (Wildman–Crippen LogP) is 4.14. The normalized spacial score (nSPS) is 11.3. The number of alkyl halides is 2. The molecule has 7 heteroatoms. The van der Waals surface area contributed by atoms with E-state index < -0.39 is 35.6 Å². The highest BCUT2D eigenvalue weighted by molar-refractivity contribution is 6.33. The van der Waals surface area contributed by atoms with Crippen LogP contribution in [0.2, 0.25) is 5.02 Å². The van der Waals surface area contributed by atoms with Crippen LogP contribution < -0.4 is 5.32 Å². The van der Waals surface area contributed by atoms with Gasteiger partial charge < -0.3 is 5.32 Å². The average Bonchev–Trinajstić information content (AvgIpc) is 2.45. The summed E-state index contributed by atoms with van der Waals surface area (Å²) < 4.78 is 54.0. The Morgan fingerprint density at radius 3 is 2.45 bits per heavy atom. The number of carbonyl (C=O) groups excluding carboxylic acids is 1. The molecule has 0 saturated heterocycles. The molecule has 0 spiro atoms. The molecule has 1 amide bonds. The average molecular weight is 332 g/mol. The fourth-order valence-electron chi connectivity index (χ4n) is 1.81. The summed E-state index contributed by atoms with van der Waals surface area (Å²) in [6.07, 6.45) is 0. The summed E-state index contributed by atoms with van der Waals surface area (Å²) in [6.45, 7) is -1.14. The Bertz CT molecular complexity index is 706. The lowest BCUT2D eigenvalue weighted by Crippen LogP contribution is -2.35. The van der Waals surface area contributed by atoms with E-state index in [1.807, 2.05) is 5.32 Å². The topological polar surface area (TPSA) is 29.1 Å². The number of nitrogens with one attached hydrogen (secondary N) is 1. The van der Waals surface area contributed by atoms with Gasteiger partial charge in [0.2, 0.25) is 0 Å². The molecule has 2 nitrogen and oxygen atoms in total. The van der Waals surface area contributed by atoms with Crippen molar-refractivity contribution in [1.82, 2.24) is 5.32 Å². The highest BCUT2D eigenvalue weighted by atomic mass is 35.5. The maximum Gasteiger partial charge on any atom is 0.292 e. The van der Waals surface area contributed by atoms with Gasteiger partial charge in [0, 0.05) is 6.07 Å². The summed E-state index contributed by atoms with van der Waals surface area (Å²) in [6, 6.07) is 7.65. The van der Waals surface area contributed by atoms with Crippen LogP contribution in [0, 0.1) is 11.6 Å². The lowest BCUT2D eigenvalue weighted by atomic mass is 10.1.